The Balaban J connectivity index is 1.44. The number of rotatable bonds is 5. The van der Waals surface area contributed by atoms with Crippen LogP contribution in [0.5, 0.6) is 17.2 Å². The van der Waals surface area contributed by atoms with Gasteiger partial charge in [-0.2, -0.15) is 4.31 Å². The summed E-state index contributed by atoms with van der Waals surface area (Å²) in [4.78, 5) is 24.9. The Kier molecular flexibility index (Phi) is 6.19. The van der Waals surface area contributed by atoms with Crippen LogP contribution < -0.4 is 25.1 Å². The summed E-state index contributed by atoms with van der Waals surface area (Å²) in [5, 5.41) is 0. The van der Waals surface area contributed by atoms with Gasteiger partial charge in [0.1, 0.15) is 17.3 Å². The average Bonchev–Trinajstić information content (AvgIpc) is 3.37. The van der Waals surface area contributed by atoms with Gasteiger partial charge < -0.3 is 14.2 Å². The van der Waals surface area contributed by atoms with Gasteiger partial charge >= 0.3 is 0 Å². The molecule has 2 heterocycles. The summed E-state index contributed by atoms with van der Waals surface area (Å²) in [5.74, 6) is -0.186. The molecule has 0 spiro atoms. The van der Waals surface area contributed by atoms with E-state index in [2.05, 4.69) is 10.9 Å². The molecule has 1 unspecified atom stereocenters. The molecule has 0 saturated carbocycles. The Hall–Kier alpha value is -3.31. The number of carbonyl (C=O) groups is 2. The monoisotopic (exact) mass is 461 g/mol. The molecule has 0 aliphatic carbocycles. The molecule has 0 bridgehead atoms. The zero-order valence-electron chi connectivity index (χ0n) is 17.4. The molecule has 2 amide bonds. The number of hydrogen-bond acceptors (Lipinski definition) is 7. The largest absolute Gasteiger partial charge is 0.495 e. The van der Waals surface area contributed by atoms with Gasteiger partial charge in [-0.1, -0.05) is 12.1 Å². The van der Waals surface area contributed by atoms with Gasteiger partial charge in [0.25, 0.3) is 11.8 Å². The second-order valence-corrected chi connectivity index (χ2v) is 9.19. The molecule has 11 heteroatoms. The molecule has 1 fully saturated rings. The SMILES string of the molecule is COc1ccc(C(=O)NNC(=O)C2COc3ccccc3O2)cc1S(=O)(=O)N1CCCC1. The van der Waals surface area contributed by atoms with Crippen molar-refractivity contribution >= 4 is 21.8 Å². The van der Waals surface area contributed by atoms with Crippen molar-refractivity contribution in [1.82, 2.24) is 15.2 Å². The fourth-order valence-corrected chi connectivity index (χ4v) is 5.21. The fourth-order valence-electron chi connectivity index (χ4n) is 3.51. The number of carbonyl (C=O) groups excluding carboxylic acids is 2. The molecule has 1 atom stereocenters. The molecule has 2 aliphatic heterocycles. The maximum atomic E-state index is 13.0. The highest BCUT2D eigenvalue weighted by atomic mass is 32.2. The number of nitrogens with one attached hydrogen (secondary N) is 2. The minimum atomic E-state index is -3.81. The second-order valence-electron chi connectivity index (χ2n) is 7.28. The number of ether oxygens (including phenoxy) is 3. The van der Waals surface area contributed by atoms with Crippen LogP contribution in [0.1, 0.15) is 23.2 Å². The van der Waals surface area contributed by atoms with Crippen LogP contribution in [0.2, 0.25) is 0 Å². The van der Waals surface area contributed by atoms with Gasteiger partial charge in [-0.25, -0.2) is 8.42 Å². The molecule has 170 valence electrons. The Bertz CT molecular complexity index is 1130. The standard InChI is InChI=1S/C21H23N3O7S/c1-29-17-9-8-14(12-19(17)32(27,28)24-10-4-5-11-24)20(25)22-23-21(26)18-13-30-15-6-2-3-7-16(15)31-18/h2-3,6-9,12,18H,4-5,10-11,13H2,1H3,(H,22,25)(H,23,26). The number of para-hydroxylation sites is 2. The number of nitrogens with zero attached hydrogens (tertiary/aromatic N) is 1. The Morgan fingerprint density at radius 2 is 1.78 bits per heavy atom. The first-order valence-electron chi connectivity index (χ1n) is 10.1. The van der Waals surface area contributed by atoms with E-state index in [1.807, 2.05) is 0 Å². The first-order chi connectivity index (χ1) is 15.4. The lowest BCUT2D eigenvalue weighted by atomic mass is 10.2. The number of hydrazine groups is 1. The van der Waals surface area contributed by atoms with E-state index in [-0.39, 0.29) is 22.8 Å². The zero-order chi connectivity index (χ0) is 22.7. The summed E-state index contributed by atoms with van der Waals surface area (Å²) in [6.45, 7) is 0.828. The summed E-state index contributed by atoms with van der Waals surface area (Å²) in [6, 6.07) is 11.0. The topological polar surface area (TPSA) is 123 Å². The zero-order valence-corrected chi connectivity index (χ0v) is 18.2. The van der Waals surface area contributed by atoms with Crippen LogP contribution >= 0.6 is 0 Å². The second kappa shape index (κ2) is 9.05. The average molecular weight is 461 g/mol. The molecule has 0 radical (unpaired) electrons. The number of hydrogen-bond donors (Lipinski definition) is 2. The van der Waals surface area contributed by atoms with E-state index in [1.54, 1.807) is 24.3 Å². The lowest BCUT2D eigenvalue weighted by Crippen LogP contribution is -2.50. The maximum absolute atomic E-state index is 13.0. The number of amides is 2. The molecular formula is C21H23N3O7S. The highest BCUT2D eigenvalue weighted by Gasteiger charge is 2.31. The highest BCUT2D eigenvalue weighted by molar-refractivity contribution is 7.89. The molecule has 2 N–H and O–H groups in total. The van der Waals surface area contributed by atoms with Crippen molar-refractivity contribution in [2.24, 2.45) is 0 Å². The van der Waals surface area contributed by atoms with Gasteiger partial charge in [0, 0.05) is 18.7 Å². The van der Waals surface area contributed by atoms with E-state index >= 15 is 0 Å². The Morgan fingerprint density at radius 3 is 2.50 bits per heavy atom. The molecular weight excluding hydrogens is 438 g/mol. The lowest BCUT2D eigenvalue weighted by Gasteiger charge is -2.25. The summed E-state index contributed by atoms with van der Waals surface area (Å²) in [7, 11) is -2.45. The van der Waals surface area contributed by atoms with Crippen molar-refractivity contribution in [2.75, 3.05) is 26.8 Å². The van der Waals surface area contributed by atoms with Gasteiger partial charge in [-0.05, 0) is 43.2 Å². The predicted octanol–water partition coefficient (Wildman–Crippen LogP) is 1.08. The van der Waals surface area contributed by atoms with Crippen LogP contribution in [0.15, 0.2) is 47.4 Å². The quantitative estimate of drug-likeness (QED) is 0.639. The predicted molar refractivity (Wildman–Crippen MR) is 113 cm³/mol. The van der Waals surface area contributed by atoms with Gasteiger partial charge in [-0.15, -0.1) is 0 Å². The molecule has 1 saturated heterocycles. The molecule has 2 aliphatic rings. The third-order valence-electron chi connectivity index (χ3n) is 5.21. The van der Waals surface area contributed by atoms with Gasteiger partial charge in [0.05, 0.1) is 7.11 Å². The van der Waals surface area contributed by atoms with E-state index < -0.39 is 27.9 Å². The van der Waals surface area contributed by atoms with Crippen molar-refractivity contribution in [3.63, 3.8) is 0 Å². The van der Waals surface area contributed by atoms with Gasteiger partial charge in [0.2, 0.25) is 16.1 Å². The van der Waals surface area contributed by atoms with E-state index in [1.165, 1.54) is 29.6 Å². The van der Waals surface area contributed by atoms with Crippen molar-refractivity contribution in [3.8, 4) is 17.2 Å². The van der Waals surface area contributed by atoms with Crippen LogP contribution in [0, 0.1) is 0 Å². The molecule has 10 nitrogen and oxygen atoms in total. The van der Waals surface area contributed by atoms with Crippen molar-refractivity contribution < 1.29 is 32.2 Å². The molecule has 32 heavy (non-hydrogen) atoms. The van der Waals surface area contributed by atoms with Gasteiger partial charge in [0.15, 0.2) is 11.5 Å². The van der Waals surface area contributed by atoms with Crippen molar-refractivity contribution in [1.29, 1.82) is 0 Å². The van der Waals surface area contributed by atoms with Crippen molar-refractivity contribution in [3.05, 3.63) is 48.0 Å². The summed E-state index contributed by atoms with van der Waals surface area (Å²) < 4.78 is 43.6. The summed E-state index contributed by atoms with van der Waals surface area (Å²) in [5.41, 5.74) is 4.62. The minimum absolute atomic E-state index is 0.0144. The summed E-state index contributed by atoms with van der Waals surface area (Å²) in [6.07, 6.45) is 0.614. The van der Waals surface area contributed by atoms with Crippen LogP contribution in [0.3, 0.4) is 0 Å². The minimum Gasteiger partial charge on any atom is -0.495 e. The van der Waals surface area contributed by atoms with E-state index in [0.717, 1.165) is 12.8 Å². The first kappa shape index (κ1) is 21.9. The number of fused-ring (bicyclic) bond motifs is 1. The molecule has 0 aromatic heterocycles. The lowest BCUT2D eigenvalue weighted by molar-refractivity contribution is -0.131. The van der Waals surface area contributed by atoms with Crippen LogP contribution in [0.25, 0.3) is 0 Å². The normalized spacial score (nSPS) is 18.1. The first-order valence-corrected chi connectivity index (χ1v) is 11.5. The van der Waals surface area contributed by atoms with E-state index in [4.69, 9.17) is 14.2 Å². The third-order valence-corrected chi connectivity index (χ3v) is 7.13. The Labute approximate surface area is 185 Å². The maximum Gasteiger partial charge on any atom is 0.283 e. The number of sulfonamides is 1. The highest BCUT2D eigenvalue weighted by Crippen LogP contribution is 2.31. The van der Waals surface area contributed by atoms with Crippen LogP contribution in [0.4, 0.5) is 0 Å². The van der Waals surface area contributed by atoms with E-state index in [0.29, 0.717) is 24.6 Å². The fraction of sp³-hybridized carbons (Fsp3) is 0.333. The number of benzene rings is 2. The van der Waals surface area contributed by atoms with E-state index in [9.17, 15) is 18.0 Å². The third kappa shape index (κ3) is 4.34. The number of methoxy groups -OCH3 is 1. The smallest absolute Gasteiger partial charge is 0.283 e. The van der Waals surface area contributed by atoms with Gasteiger partial charge in [-0.3, -0.25) is 20.4 Å². The van der Waals surface area contributed by atoms with Crippen LogP contribution in [-0.4, -0.2) is 57.4 Å². The Morgan fingerprint density at radius 1 is 1.06 bits per heavy atom. The molecule has 2 aromatic rings. The summed E-state index contributed by atoms with van der Waals surface area (Å²) >= 11 is 0. The van der Waals surface area contributed by atoms with Crippen molar-refractivity contribution in [2.45, 2.75) is 23.8 Å². The van der Waals surface area contributed by atoms with Crippen LogP contribution in [-0.2, 0) is 14.8 Å². The molecule has 2 aromatic carbocycles. The molecule has 4 rings (SSSR count).